The molecule has 1 aromatic carbocycles. The molecule has 0 radical (unpaired) electrons. The minimum atomic E-state index is 0.340. The summed E-state index contributed by atoms with van der Waals surface area (Å²) in [7, 11) is 1.73. The van der Waals surface area contributed by atoms with Gasteiger partial charge in [-0.25, -0.2) is 0 Å². The van der Waals surface area contributed by atoms with Gasteiger partial charge in [0.2, 0.25) is 0 Å². The molecule has 0 amide bonds. The standard InChI is InChI=1S/C14H23NOS/c1-11-6-7-13(14(10-11)16-3)12(2)15-8-5-9-17-4/h6-7,10,12,15H,5,8-9H2,1-4H3. The predicted molar refractivity (Wildman–Crippen MR) is 77.1 cm³/mol. The Labute approximate surface area is 109 Å². The first kappa shape index (κ1) is 14.4. The fourth-order valence-corrected chi connectivity index (χ4v) is 2.25. The number of rotatable bonds is 7. The summed E-state index contributed by atoms with van der Waals surface area (Å²) in [5.41, 5.74) is 2.47. The Morgan fingerprint density at radius 3 is 2.82 bits per heavy atom. The van der Waals surface area contributed by atoms with E-state index in [1.807, 2.05) is 11.8 Å². The number of thioether (sulfide) groups is 1. The Hall–Kier alpha value is -0.670. The molecule has 0 saturated heterocycles. The van der Waals surface area contributed by atoms with Gasteiger partial charge in [0.1, 0.15) is 5.75 Å². The van der Waals surface area contributed by atoms with Crippen LogP contribution >= 0.6 is 11.8 Å². The number of ether oxygens (including phenoxy) is 1. The number of nitrogens with one attached hydrogen (secondary N) is 1. The largest absolute Gasteiger partial charge is 0.496 e. The minimum Gasteiger partial charge on any atom is -0.496 e. The molecule has 0 fully saturated rings. The lowest BCUT2D eigenvalue weighted by Gasteiger charge is -2.17. The van der Waals surface area contributed by atoms with Crippen LogP contribution in [0.4, 0.5) is 0 Å². The van der Waals surface area contributed by atoms with Gasteiger partial charge >= 0.3 is 0 Å². The molecule has 0 aliphatic carbocycles. The molecular weight excluding hydrogens is 230 g/mol. The molecule has 3 heteroatoms. The highest BCUT2D eigenvalue weighted by Crippen LogP contribution is 2.25. The molecular formula is C14H23NOS. The summed E-state index contributed by atoms with van der Waals surface area (Å²) < 4.78 is 5.43. The molecule has 17 heavy (non-hydrogen) atoms. The third-order valence-electron chi connectivity index (χ3n) is 2.83. The molecule has 0 aliphatic rings. The second-order valence-electron chi connectivity index (χ2n) is 4.27. The summed E-state index contributed by atoms with van der Waals surface area (Å²) in [6.45, 7) is 5.33. The molecule has 0 bridgehead atoms. The number of hydrogen-bond acceptors (Lipinski definition) is 3. The van der Waals surface area contributed by atoms with Crippen molar-refractivity contribution in [3.05, 3.63) is 29.3 Å². The monoisotopic (exact) mass is 253 g/mol. The van der Waals surface area contributed by atoms with E-state index in [1.54, 1.807) is 7.11 Å². The van der Waals surface area contributed by atoms with Gasteiger partial charge in [0.15, 0.2) is 0 Å². The van der Waals surface area contributed by atoms with Crippen molar-refractivity contribution >= 4 is 11.8 Å². The summed E-state index contributed by atoms with van der Waals surface area (Å²) in [5.74, 6) is 2.19. The maximum atomic E-state index is 5.43. The zero-order valence-corrected chi connectivity index (χ0v) is 12.1. The Bertz CT molecular complexity index is 341. The number of aryl methyl sites for hydroxylation is 1. The molecule has 96 valence electrons. The van der Waals surface area contributed by atoms with Crippen LogP contribution in [-0.4, -0.2) is 25.7 Å². The fourth-order valence-electron chi connectivity index (χ4n) is 1.82. The molecule has 1 atom stereocenters. The summed E-state index contributed by atoms with van der Waals surface area (Å²) in [6, 6.07) is 6.72. The molecule has 1 rings (SSSR count). The summed E-state index contributed by atoms with van der Waals surface area (Å²) in [6.07, 6.45) is 3.35. The van der Waals surface area contributed by atoms with Gasteiger partial charge in [0, 0.05) is 11.6 Å². The van der Waals surface area contributed by atoms with Gasteiger partial charge in [0.25, 0.3) is 0 Å². The molecule has 0 saturated carbocycles. The van der Waals surface area contributed by atoms with Crippen LogP contribution in [0.15, 0.2) is 18.2 Å². The van der Waals surface area contributed by atoms with E-state index in [1.165, 1.54) is 23.3 Å². The third kappa shape index (κ3) is 4.60. The van der Waals surface area contributed by atoms with Gasteiger partial charge in [0.05, 0.1) is 7.11 Å². The van der Waals surface area contributed by atoms with Crippen molar-refractivity contribution in [2.24, 2.45) is 0 Å². The summed E-state index contributed by atoms with van der Waals surface area (Å²) >= 11 is 1.89. The Morgan fingerprint density at radius 1 is 1.41 bits per heavy atom. The maximum Gasteiger partial charge on any atom is 0.123 e. The number of benzene rings is 1. The van der Waals surface area contributed by atoms with Gasteiger partial charge in [-0.1, -0.05) is 12.1 Å². The lowest BCUT2D eigenvalue weighted by atomic mass is 10.0. The molecule has 1 N–H and O–H groups in total. The molecule has 1 unspecified atom stereocenters. The van der Waals surface area contributed by atoms with Crippen molar-refractivity contribution < 1.29 is 4.74 Å². The SMILES string of the molecule is COc1cc(C)ccc1C(C)NCCCSC. The molecule has 0 spiro atoms. The van der Waals surface area contributed by atoms with Crippen LogP contribution < -0.4 is 10.1 Å². The van der Waals surface area contributed by atoms with Crippen LogP contribution in [0.2, 0.25) is 0 Å². The average Bonchev–Trinajstić information content (AvgIpc) is 2.34. The van der Waals surface area contributed by atoms with Crippen molar-refractivity contribution in [1.29, 1.82) is 0 Å². The summed E-state index contributed by atoms with van der Waals surface area (Å²) in [5, 5.41) is 3.53. The van der Waals surface area contributed by atoms with Crippen LogP contribution in [0.5, 0.6) is 5.75 Å². The fraction of sp³-hybridized carbons (Fsp3) is 0.571. The maximum absolute atomic E-state index is 5.43. The van der Waals surface area contributed by atoms with Crippen molar-refractivity contribution in [2.75, 3.05) is 25.7 Å². The van der Waals surface area contributed by atoms with E-state index in [-0.39, 0.29) is 0 Å². The zero-order valence-electron chi connectivity index (χ0n) is 11.2. The van der Waals surface area contributed by atoms with E-state index in [4.69, 9.17) is 4.74 Å². The van der Waals surface area contributed by atoms with E-state index in [2.05, 4.69) is 43.6 Å². The highest BCUT2D eigenvalue weighted by Gasteiger charge is 2.10. The first-order valence-electron chi connectivity index (χ1n) is 6.06. The second kappa shape index (κ2) is 7.62. The first-order valence-corrected chi connectivity index (χ1v) is 7.45. The highest BCUT2D eigenvalue weighted by atomic mass is 32.2. The van der Waals surface area contributed by atoms with Gasteiger partial charge in [-0.2, -0.15) is 11.8 Å². The topological polar surface area (TPSA) is 21.3 Å². The highest BCUT2D eigenvalue weighted by molar-refractivity contribution is 7.98. The van der Waals surface area contributed by atoms with Gasteiger partial charge in [-0.05, 0) is 50.5 Å². The van der Waals surface area contributed by atoms with E-state index < -0.39 is 0 Å². The number of methoxy groups -OCH3 is 1. The predicted octanol–water partition coefficient (Wildman–Crippen LogP) is 3.41. The van der Waals surface area contributed by atoms with Crippen molar-refractivity contribution in [2.45, 2.75) is 26.3 Å². The zero-order chi connectivity index (χ0) is 12.7. The van der Waals surface area contributed by atoms with Gasteiger partial charge in [-0.15, -0.1) is 0 Å². The van der Waals surface area contributed by atoms with E-state index in [9.17, 15) is 0 Å². The molecule has 0 heterocycles. The van der Waals surface area contributed by atoms with E-state index in [0.29, 0.717) is 6.04 Å². The number of hydrogen-bond donors (Lipinski definition) is 1. The smallest absolute Gasteiger partial charge is 0.123 e. The molecule has 2 nitrogen and oxygen atoms in total. The van der Waals surface area contributed by atoms with E-state index >= 15 is 0 Å². The van der Waals surface area contributed by atoms with Crippen LogP contribution in [-0.2, 0) is 0 Å². The molecule has 1 aromatic rings. The van der Waals surface area contributed by atoms with Crippen molar-refractivity contribution in [3.63, 3.8) is 0 Å². The van der Waals surface area contributed by atoms with Crippen LogP contribution in [0.25, 0.3) is 0 Å². The van der Waals surface area contributed by atoms with Gasteiger partial charge in [-0.3, -0.25) is 0 Å². The first-order chi connectivity index (χ1) is 8.19. The third-order valence-corrected chi connectivity index (χ3v) is 3.53. The van der Waals surface area contributed by atoms with Crippen LogP contribution in [0, 0.1) is 6.92 Å². The Kier molecular flexibility index (Phi) is 6.45. The quantitative estimate of drug-likeness (QED) is 0.752. The average molecular weight is 253 g/mol. The second-order valence-corrected chi connectivity index (χ2v) is 5.25. The van der Waals surface area contributed by atoms with Crippen LogP contribution in [0.1, 0.15) is 30.5 Å². The van der Waals surface area contributed by atoms with Crippen LogP contribution in [0.3, 0.4) is 0 Å². The lowest BCUT2D eigenvalue weighted by Crippen LogP contribution is -2.20. The molecule has 0 aromatic heterocycles. The Morgan fingerprint density at radius 2 is 2.18 bits per heavy atom. The molecule has 0 aliphatic heterocycles. The summed E-state index contributed by atoms with van der Waals surface area (Å²) in [4.78, 5) is 0. The lowest BCUT2D eigenvalue weighted by molar-refractivity contribution is 0.401. The van der Waals surface area contributed by atoms with Gasteiger partial charge < -0.3 is 10.1 Å². The normalized spacial score (nSPS) is 12.5. The Balaban J connectivity index is 2.58. The van der Waals surface area contributed by atoms with E-state index in [0.717, 1.165) is 12.3 Å². The van der Waals surface area contributed by atoms with Crippen molar-refractivity contribution in [1.82, 2.24) is 5.32 Å². The van der Waals surface area contributed by atoms with Crippen molar-refractivity contribution in [3.8, 4) is 5.75 Å². The minimum absolute atomic E-state index is 0.340.